The first-order valence-corrected chi connectivity index (χ1v) is 6.84. The number of nitrogens with one attached hydrogen (secondary N) is 1. The van der Waals surface area contributed by atoms with Crippen molar-refractivity contribution in [1.82, 2.24) is 5.32 Å². The predicted molar refractivity (Wildman–Crippen MR) is 77.4 cm³/mol. The quantitative estimate of drug-likeness (QED) is 0.872. The number of hydrogen-bond donors (Lipinski definition) is 2. The van der Waals surface area contributed by atoms with Gasteiger partial charge >= 0.3 is 5.97 Å². The van der Waals surface area contributed by atoms with Crippen LogP contribution >= 0.6 is 0 Å². The van der Waals surface area contributed by atoms with Crippen molar-refractivity contribution >= 4 is 23.5 Å². The minimum Gasteiger partial charge on any atom is -0.478 e. The van der Waals surface area contributed by atoms with E-state index >= 15 is 0 Å². The standard InChI is InChI=1S/C15H18N2O4/c1-9(2)16-13(18)8-17-12-5-3-11(15(20)21)7-10(12)4-6-14(17)19/h3,5,7,9H,4,6,8H2,1-2H3,(H,16,18)(H,20,21). The Morgan fingerprint density at radius 3 is 2.67 bits per heavy atom. The highest BCUT2D eigenvalue weighted by Crippen LogP contribution is 2.28. The molecule has 1 aromatic rings. The summed E-state index contributed by atoms with van der Waals surface area (Å²) in [6, 6.07) is 4.62. The number of carboxylic acids is 1. The number of hydrogen-bond acceptors (Lipinski definition) is 3. The summed E-state index contributed by atoms with van der Waals surface area (Å²) >= 11 is 0. The van der Waals surface area contributed by atoms with Gasteiger partial charge in [-0.3, -0.25) is 9.59 Å². The Bertz CT molecular complexity index is 595. The van der Waals surface area contributed by atoms with E-state index in [0.29, 0.717) is 12.1 Å². The van der Waals surface area contributed by atoms with Crippen molar-refractivity contribution in [3.8, 4) is 0 Å². The molecule has 112 valence electrons. The maximum absolute atomic E-state index is 12.0. The minimum absolute atomic E-state index is 0.00579. The Morgan fingerprint density at radius 1 is 1.33 bits per heavy atom. The maximum atomic E-state index is 12.0. The Kier molecular flexibility index (Phi) is 4.26. The zero-order valence-electron chi connectivity index (χ0n) is 12.0. The van der Waals surface area contributed by atoms with E-state index in [1.165, 1.54) is 11.0 Å². The molecule has 0 bridgehead atoms. The van der Waals surface area contributed by atoms with E-state index in [0.717, 1.165) is 5.56 Å². The molecule has 6 heteroatoms. The highest BCUT2D eigenvalue weighted by Gasteiger charge is 2.26. The van der Waals surface area contributed by atoms with Crippen molar-refractivity contribution in [2.45, 2.75) is 32.7 Å². The zero-order valence-corrected chi connectivity index (χ0v) is 12.0. The predicted octanol–water partition coefficient (Wildman–Crippen LogP) is 1.19. The van der Waals surface area contributed by atoms with Crippen LogP contribution in [0.1, 0.15) is 36.2 Å². The van der Waals surface area contributed by atoms with Gasteiger partial charge < -0.3 is 15.3 Å². The van der Waals surface area contributed by atoms with Crippen LogP contribution in [-0.2, 0) is 16.0 Å². The van der Waals surface area contributed by atoms with Crippen molar-refractivity contribution in [2.24, 2.45) is 0 Å². The molecule has 0 atom stereocenters. The second-order valence-corrected chi connectivity index (χ2v) is 5.35. The number of carbonyl (C=O) groups excluding carboxylic acids is 2. The lowest BCUT2D eigenvalue weighted by molar-refractivity contribution is -0.124. The average Bonchev–Trinajstić information content (AvgIpc) is 2.40. The molecule has 2 N–H and O–H groups in total. The van der Waals surface area contributed by atoms with Crippen LogP contribution in [0.2, 0.25) is 0 Å². The van der Waals surface area contributed by atoms with Gasteiger partial charge in [0.05, 0.1) is 5.56 Å². The highest BCUT2D eigenvalue weighted by molar-refractivity contribution is 6.01. The van der Waals surface area contributed by atoms with Crippen LogP contribution in [0, 0.1) is 0 Å². The zero-order chi connectivity index (χ0) is 15.6. The number of aryl methyl sites for hydroxylation is 1. The van der Waals surface area contributed by atoms with E-state index in [4.69, 9.17) is 5.11 Å². The molecule has 0 aliphatic carbocycles. The van der Waals surface area contributed by atoms with Gasteiger partial charge in [0, 0.05) is 18.2 Å². The number of fused-ring (bicyclic) bond motifs is 1. The number of anilines is 1. The van der Waals surface area contributed by atoms with Crippen molar-refractivity contribution in [2.75, 3.05) is 11.4 Å². The largest absolute Gasteiger partial charge is 0.478 e. The van der Waals surface area contributed by atoms with Crippen LogP contribution < -0.4 is 10.2 Å². The fourth-order valence-corrected chi connectivity index (χ4v) is 2.38. The molecule has 0 aromatic heterocycles. The van der Waals surface area contributed by atoms with Gasteiger partial charge in [-0.1, -0.05) is 0 Å². The van der Waals surface area contributed by atoms with E-state index in [1.54, 1.807) is 12.1 Å². The summed E-state index contributed by atoms with van der Waals surface area (Å²) in [6.07, 6.45) is 0.780. The van der Waals surface area contributed by atoms with Crippen molar-refractivity contribution in [3.05, 3.63) is 29.3 Å². The molecule has 21 heavy (non-hydrogen) atoms. The van der Waals surface area contributed by atoms with Gasteiger partial charge in [0.2, 0.25) is 11.8 Å². The summed E-state index contributed by atoms with van der Waals surface area (Å²) < 4.78 is 0. The molecule has 1 heterocycles. The van der Waals surface area contributed by atoms with E-state index in [-0.39, 0.29) is 36.4 Å². The summed E-state index contributed by atoms with van der Waals surface area (Å²) in [6.45, 7) is 3.66. The number of nitrogens with zero attached hydrogens (tertiary/aromatic N) is 1. The fourth-order valence-electron chi connectivity index (χ4n) is 2.38. The second kappa shape index (κ2) is 5.95. The first kappa shape index (κ1) is 15.0. The third-order valence-electron chi connectivity index (χ3n) is 3.28. The molecule has 2 amide bonds. The van der Waals surface area contributed by atoms with E-state index in [1.807, 2.05) is 13.8 Å². The fraction of sp³-hybridized carbons (Fsp3) is 0.400. The normalized spacial score (nSPS) is 14.0. The molecule has 0 saturated heterocycles. The van der Waals surface area contributed by atoms with E-state index in [9.17, 15) is 14.4 Å². The van der Waals surface area contributed by atoms with Crippen LogP contribution in [0.25, 0.3) is 0 Å². The summed E-state index contributed by atoms with van der Waals surface area (Å²) in [5.74, 6) is -1.35. The minimum atomic E-state index is -1.00. The molecular weight excluding hydrogens is 272 g/mol. The van der Waals surface area contributed by atoms with E-state index < -0.39 is 5.97 Å². The summed E-state index contributed by atoms with van der Waals surface area (Å²) in [4.78, 5) is 36.3. The Morgan fingerprint density at radius 2 is 2.05 bits per heavy atom. The Balaban J connectivity index is 2.26. The molecule has 6 nitrogen and oxygen atoms in total. The van der Waals surface area contributed by atoms with Gasteiger partial charge in [-0.15, -0.1) is 0 Å². The molecule has 0 saturated carbocycles. The Hall–Kier alpha value is -2.37. The highest BCUT2D eigenvalue weighted by atomic mass is 16.4. The van der Waals surface area contributed by atoms with Crippen LogP contribution in [0.15, 0.2) is 18.2 Å². The number of benzene rings is 1. The number of carboxylic acid groups (broad SMARTS) is 1. The summed E-state index contributed by atoms with van der Waals surface area (Å²) in [5, 5.41) is 11.7. The number of carbonyl (C=O) groups is 3. The molecule has 0 fully saturated rings. The van der Waals surface area contributed by atoms with Crippen molar-refractivity contribution in [3.63, 3.8) is 0 Å². The van der Waals surface area contributed by atoms with Gasteiger partial charge in [-0.2, -0.15) is 0 Å². The third-order valence-corrected chi connectivity index (χ3v) is 3.28. The van der Waals surface area contributed by atoms with Gasteiger partial charge in [0.15, 0.2) is 0 Å². The second-order valence-electron chi connectivity index (χ2n) is 5.35. The summed E-state index contributed by atoms with van der Waals surface area (Å²) in [5.41, 5.74) is 1.59. The van der Waals surface area contributed by atoms with Crippen LogP contribution in [0.4, 0.5) is 5.69 Å². The molecule has 1 aliphatic rings. The van der Waals surface area contributed by atoms with Crippen LogP contribution in [-0.4, -0.2) is 35.5 Å². The van der Waals surface area contributed by atoms with Gasteiger partial charge in [-0.05, 0) is 44.0 Å². The number of amides is 2. The lowest BCUT2D eigenvalue weighted by atomic mass is 9.98. The summed E-state index contributed by atoms with van der Waals surface area (Å²) in [7, 11) is 0. The SMILES string of the molecule is CC(C)NC(=O)CN1C(=O)CCc2cc(C(=O)O)ccc21. The lowest BCUT2D eigenvalue weighted by Gasteiger charge is -2.29. The Labute approximate surface area is 122 Å². The van der Waals surface area contributed by atoms with Crippen LogP contribution in [0.3, 0.4) is 0 Å². The average molecular weight is 290 g/mol. The van der Waals surface area contributed by atoms with Gasteiger partial charge in [-0.25, -0.2) is 4.79 Å². The van der Waals surface area contributed by atoms with E-state index in [2.05, 4.69) is 5.32 Å². The smallest absolute Gasteiger partial charge is 0.335 e. The first-order chi connectivity index (χ1) is 9.88. The third kappa shape index (κ3) is 3.39. The monoisotopic (exact) mass is 290 g/mol. The van der Waals surface area contributed by atoms with Crippen LogP contribution in [0.5, 0.6) is 0 Å². The number of rotatable bonds is 4. The molecule has 0 radical (unpaired) electrons. The van der Waals surface area contributed by atoms with Crippen molar-refractivity contribution in [1.29, 1.82) is 0 Å². The molecule has 1 aromatic carbocycles. The molecule has 0 spiro atoms. The number of aromatic carboxylic acids is 1. The first-order valence-electron chi connectivity index (χ1n) is 6.84. The lowest BCUT2D eigenvalue weighted by Crippen LogP contribution is -2.44. The van der Waals surface area contributed by atoms with Gasteiger partial charge in [0.25, 0.3) is 0 Å². The topological polar surface area (TPSA) is 86.7 Å². The molecule has 1 aliphatic heterocycles. The van der Waals surface area contributed by atoms with Gasteiger partial charge in [0.1, 0.15) is 6.54 Å². The molecule has 0 unspecified atom stereocenters. The molecule has 2 rings (SSSR count). The van der Waals surface area contributed by atoms with Crippen molar-refractivity contribution < 1.29 is 19.5 Å². The maximum Gasteiger partial charge on any atom is 0.335 e. The molecular formula is C15H18N2O4.